The molecule has 2 heterocycles. The van der Waals surface area contributed by atoms with Crippen molar-refractivity contribution in [3.8, 4) is 5.75 Å². The molecule has 2 aliphatic rings. The van der Waals surface area contributed by atoms with Gasteiger partial charge in [0.2, 0.25) is 0 Å². The maximum Gasteiger partial charge on any atom is 0.251 e. The summed E-state index contributed by atoms with van der Waals surface area (Å²) >= 11 is 0. The van der Waals surface area contributed by atoms with Crippen molar-refractivity contribution < 1.29 is 9.53 Å². The van der Waals surface area contributed by atoms with Crippen LogP contribution in [0.2, 0.25) is 0 Å². The number of carbonyl (C=O) groups is 1. The second-order valence-corrected chi connectivity index (χ2v) is 7.54. The van der Waals surface area contributed by atoms with Gasteiger partial charge < -0.3 is 20.3 Å². The minimum atomic E-state index is 0.0377. The summed E-state index contributed by atoms with van der Waals surface area (Å²) in [5.74, 6) is 1.98. The molecule has 2 aromatic carbocycles. The number of anilines is 1. The van der Waals surface area contributed by atoms with E-state index in [0.29, 0.717) is 18.4 Å². The number of nitrogens with one attached hydrogen (secondary N) is 2. The molecule has 0 spiro atoms. The van der Waals surface area contributed by atoms with Crippen LogP contribution in [0.5, 0.6) is 5.75 Å². The monoisotopic (exact) mass is 365 g/mol. The Bertz CT molecular complexity index is 819. The van der Waals surface area contributed by atoms with Crippen molar-refractivity contribution in [3.63, 3.8) is 0 Å². The van der Waals surface area contributed by atoms with Gasteiger partial charge in [-0.15, -0.1) is 0 Å². The Kier molecular flexibility index (Phi) is 5.03. The predicted octanol–water partition coefficient (Wildman–Crippen LogP) is 2.77. The van der Waals surface area contributed by atoms with Crippen molar-refractivity contribution >= 4 is 11.6 Å². The molecule has 142 valence electrons. The number of piperidine rings is 1. The van der Waals surface area contributed by atoms with Crippen LogP contribution in [0.25, 0.3) is 0 Å². The van der Waals surface area contributed by atoms with E-state index in [1.807, 2.05) is 6.07 Å². The summed E-state index contributed by atoms with van der Waals surface area (Å²) in [5.41, 5.74) is 4.38. The number of carbonyl (C=O) groups excluding carboxylic acids is 1. The van der Waals surface area contributed by atoms with E-state index in [4.69, 9.17) is 4.74 Å². The van der Waals surface area contributed by atoms with E-state index >= 15 is 0 Å². The van der Waals surface area contributed by atoms with Crippen molar-refractivity contribution in [2.24, 2.45) is 5.92 Å². The molecule has 2 atom stereocenters. The normalized spacial score (nSPS) is 21.5. The second kappa shape index (κ2) is 7.61. The molecule has 2 N–H and O–H groups in total. The van der Waals surface area contributed by atoms with Gasteiger partial charge >= 0.3 is 0 Å². The lowest BCUT2D eigenvalue weighted by molar-refractivity contribution is 0.0966. The molecule has 27 heavy (non-hydrogen) atoms. The third-order valence-electron chi connectivity index (χ3n) is 5.88. The van der Waals surface area contributed by atoms with Gasteiger partial charge in [0, 0.05) is 37.9 Å². The number of hydrogen-bond donors (Lipinski definition) is 2. The average Bonchev–Trinajstić information content (AvgIpc) is 3.09. The minimum absolute atomic E-state index is 0.0377. The molecular weight excluding hydrogens is 338 g/mol. The van der Waals surface area contributed by atoms with Crippen molar-refractivity contribution in [1.29, 1.82) is 0 Å². The van der Waals surface area contributed by atoms with Gasteiger partial charge in [-0.3, -0.25) is 4.79 Å². The Hall–Kier alpha value is -2.53. The van der Waals surface area contributed by atoms with Gasteiger partial charge in [0.05, 0.1) is 7.11 Å². The first-order valence-corrected chi connectivity index (χ1v) is 9.62. The molecule has 0 unspecified atom stereocenters. The molecule has 5 nitrogen and oxygen atoms in total. The van der Waals surface area contributed by atoms with E-state index in [0.717, 1.165) is 48.6 Å². The number of hydrogen-bond acceptors (Lipinski definition) is 4. The molecule has 0 radical (unpaired) electrons. The van der Waals surface area contributed by atoms with E-state index in [1.54, 1.807) is 7.11 Å². The third-order valence-corrected chi connectivity index (χ3v) is 5.88. The predicted molar refractivity (Wildman–Crippen MR) is 108 cm³/mol. The quantitative estimate of drug-likeness (QED) is 0.856. The first kappa shape index (κ1) is 17.9. The summed E-state index contributed by atoms with van der Waals surface area (Å²) in [6.45, 7) is 3.65. The lowest BCUT2D eigenvalue weighted by atomic mass is 9.81. The Morgan fingerprint density at radius 2 is 2.00 bits per heavy atom. The molecule has 0 saturated carbocycles. The molecule has 2 aromatic rings. The maximum atomic E-state index is 12.0. The number of amides is 1. The van der Waals surface area contributed by atoms with E-state index < -0.39 is 0 Å². The molecule has 0 bridgehead atoms. The van der Waals surface area contributed by atoms with Crippen LogP contribution >= 0.6 is 0 Å². The van der Waals surface area contributed by atoms with Crippen LogP contribution in [0, 0.1) is 5.92 Å². The number of ether oxygens (including phenoxy) is 1. The van der Waals surface area contributed by atoms with Crippen LogP contribution in [0.15, 0.2) is 42.5 Å². The second-order valence-electron chi connectivity index (χ2n) is 7.54. The molecule has 1 saturated heterocycles. The van der Waals surface area contributed by atoms with Gasteiger partial charge in [-0.2, -0.15) is 0 Å². The summed E-state index contributed by atoms with van der Waals surface area (Å²) in [4.78, 5) is 14.2. The highest BCUT2D eigenvalue weighted by atomic mass is 16.5. The van der Waals surface area contributed by atoms with Crippen LogP contribution in [0.4, 0.5) is 5.69 Å². The summed E-state index contributed by atoms with van der Waals surface area (Å²) in [6, 6.07) is 14.7. The lowest BCUT2D eigenvalue weighted by Crippen LogP contribution is -2.41. The zero-order chi connectivity index (χ0) is 18.8. The van der Waals surface area contributed by atoms with Crippen LogP contribution in [0.3, 0.4) is 0 Å². The highest BCUT2D eigenvalue weighted by Gasteiger charge is 2.28. The van der Waals surface area contributed by atoms with Gasteiger partial charge in [-0.1, -0.05) is 18.2 Å². The smallest absolute Gasteiger partial charge is 0.251 e. The molecule has 0 aromatic heterocycles. The molecule has 0 aliphatic carbocycles. The Balaban J connectivity index is 1.50. The summed E-state index contributed by atoms with van der Waals surface area (Å²) < 4.78 is 5.30. The number of rotatable bonds is 5. The topological polar surface area (TPSA) is 53.6 Å². The molecule has 2 aliphatic heterocycles. The first-order chi connectivity index (χ1) is 13.2. The Morgan fingerprint density at radius 3 is 2.78 bits per heavy atom. The van der Waals surface area contributed by atoms with Gasteiger partial charge in [0.25, 0.3) is 5.91 Å². The zero-order valence-corrected chi connectivity index (χ0v) is 16.0. The summed E-state index contributed by atoms with van der Waals surface area (Å²) in [7, 11) is 3.82. The van der Waals surface area contributed by atoms with Gasteiger partial charge in [-0.25, -0.2) is 0 Å². The minimum Gasteiger partial charge on any atom is -0.497 e. The standard InChI is InChI=1S/C22H27N3O2/c1-25(18-6-3-16-13-24-22(26)21(16)11-18)14-17-12-23-10-9-20(17)15-4-7-19(27-2)8-5-15/h3-8,11,17,20,23H,9-10,12-14H2,1-2H3,(H,24,26)/t17-,20-/m0/s1. The van der Waals surface area contributed by atoms with Crippen LogP contribution in [-0.4, -0.2) is 39.7 Å². The number of benzene rings is 2. The van der Waals surface area contributed by atoms with E-state index in [-0.39, 0.29) is 5.91 Å². The van der Waals surface area contributed by atoms with Gasteiger partial charge in [0.1, 0.15) is 5.75 Å². The summed E-state index contributed by atoms with van der Waals surface area (Å²) in [6.07, 6.45) is 1.14. The Morgan fingerprint density at radius 1 is 1.19 bits per heavy atom. The Labute approximate surface area is 160 Å². The van der Waals surface area contributed by atoms with Gasteiger partial charge in [-0.05, 0) is 60.2 Å². The van der Waals surface area contributed by atoms with Crippen molar-refractivity contribution in [1.82, 2.24) is 10.6 Å². The zero-order valence-electron chi connectivity index (χ0n) is 16.0. The molecule has 5 heteroatoms. The third kappa shape index (κ3) is 3.65. The SMILES string of the molecule is COc1ccc([C@@H]2CCNC[C@H]2CN(C)c2ccc3c(c2)C(=O)NC3)cc1. The fourth-order valence-electron chi connectivity index (χ4n) is 4.30. The largest absolute Gasteiger partial charge is 0.497 e. The molecular formula is C22H27N3O2. The van der Waals surface area contributed by atoms with Crippen molar-refractivity contribution in [2.75, 3.05) is 38.7 Å². The van der Waals surface area contributed by atoms with E-state index in [1.165, 1.54) is 5.56 Å². The highest BCUT2D eigenvalue weighted by molar-refractivity contribution is 5.99. The highest BCUT2D eigenvalue weighted by Crippen LogP contribution is 2.33. The fraction of sp³-hybridized carbons (Fsp3) is 0.409. The number of fused-ring (bicyclic) bond motifs is 1. The lowest BCUT2D eigenvalue weighted by Gasteiger charge is -2.36. The fourth-order valence-corrected chi connectivity index (χ4v) is 4.30. The van der Waals surface area contributed by atoms with Crippen LogP contribution in [0.1, 0.15) is 33.8 Å². The van der Waals surface area contributed by atoms with E-state index in [2.05, 4.69) is 59.0 Å². The molecule has 1 amide bonds. The molecule has 4 rings (SSSR count). The maximum absolute atomic E-state index is 12.0. The number of nitrogens with zero attached hydrogens (tertiary/aromatic N) is 1. The van der Waals surface area contributed by atoms with Crippen LogP contribution in [-0.2, 0) is 6.54 Å². The molecule has 1 fully saturated rings. The average molecular weight is 365 g/mol. The van der Waals surface area contributed by atoms with Crippen LogP contribution < -0.4 is 20.3 Å². The van der Waals surface area contributed by atoms with E-state index in [9.17, 15) is 4.79 Å². The van der Waals surface area contributed by atoms with Crippen molar-refractivity contribution in [2.45, 2.75) is 18.9 Å². The van der Waals surface area contributed by atoms with Crippen molar-refractivity contribution in [3.05, 3.63) is 59.2 Å². The number of methoxy groups -OCH3 is 1. The first-order valence-electron chi connectivity index (χ1n) is 9.62. The van der Waals surface area contributed by atoms with Gasteiger partial charge in [0.15, 0.2) is 0 Å². The summed E-state index contributed by atoms with van der Waals surface area (Å²) in [5, 5.41) is 6.44.